The first kappa shape index (κ1) is 18.0. The molecule has 0 saturated heterocycles. The van der Waals surface area contributed by atoms with Crippen molar-refractivity contribution in [2.24, 2.45) is 0 Å². The van der Waals surface area contributed by atoms with Crippen LogP contribution in [0.4, 0.5) is 0 Å². The minimum atomic E-state index is -0.128. The Morgan fingerprint density at radius 3 is 2.82 bits per heavy atom. The van der Waals surface area contributed by atoms with Crippen molar-refractivity contribution in [1.82, 2.24) is 20.1 Å². The van der Waals surface area contributed by atoms with Crippen LogP contribution in [0.3, 0.4) is 0 Å². The van der Waals surface area contributed by atoms with Gasteiger partial charge in [0.25, 0.3) is 5.91 Å². The van der Waals surface area contributed by atoms with Crippen LogP contribution in [0.25, 0.3) is 11.0 Å². The highest BCUT2D eigenvalue weighted by Crippen LogP contribution is 2.15. The molecule has 1 atom stereocenters. The van der Waals surface area contributed by atoms with Gasteiger partial charge in [0, 0.05) is 24.0 Å². The van der Waals surface area contributed by atoms with Gasteiger partial charge in [0.05, 0.1) is 24.6 Å². The van der Waals surface area contributed by atoms with Crippen molar-refractivity contribution in [2.75, 3.05) is 0 Å². The Bertz CT molecular complexity index is 1050. The minimum Gasteiger partial charge on any atom is -0.469 e. The summed E-state index contributed by atoms with van der Waals surface area (Å²) in [6.45, 7) is 2.64. The Balaban J connectivity index is 1.42. The Morgan fingerprint density at radius 2 is 2.04 bits per heavy atom. The summed E-state index contributed by atoms with van der Waals surface area (Å²) in [4.78, 5) is 17.0. The summed E-state index contributed by atoms with van der Waals surface area (Å²) >= 11 is 0. The molecule has 0 spiro atoms. The maximum Gasteiger partial charge on any atom is 0.253 e. The van der Waals surface area contributed by atoms with Gasteiger partial charge in [0.2, 0.25) is 0 Å². The molecule has 1 unspecified atom stereocenters. The van der Waals surface area contributed by atoms with E-state index in [0.29, 0.717) is 12.1 Å². The molecule has 0 saturated carbocycles. The zero-order chi connectivity index (χ0) is 19.3. The molecule has 0 fully saturated rings. The molecule has 4 aromatic rings. The molecule has 3 heterocycles. The molecule has 28 heavy (non-hydrogen) atoms. The number of nitrogens with one attached hydrogen (secondary N) is 1. The number of rotatable bonds is 7. The van der Waals surface area contributed by atoms with Gasteiger partial charge in [-0.2, -0.15) is 5.10 Å². The average Bonchev–Trinajstić information content (AvgIpc) is 3.37. The van der Waals surface area contributed by atoms with Crippen molar-refractivity contribution in [3.63, 3.8) is 0 Å². The molecular formula is C22H22N4O2. The lowest BCUT2D eigenvalue weighted by Gasteiger charge is -2.13. The highest BCUT2D eigenvalue weighted by molar-refractivity contribution is 5.96. The molecule has 0 radical (unpaired) electrons. The monoisotopic (exact) mass is 374 g/mol. The van der Waals surface area contributed by atoms with E-state index in [1.54, 1.807) is 18.7 Å². The van der Waals surface area contributed by atoms with Gasteiger partial charge in [-0.3, -0.25) is 4.79 Å². The zero-order valence-electron chi connectivity index (χ0n) is 15.7. The molecule has 3 aromatic heterocycles. The maximum absolute atomic E-state index is 12.6. The van der Waals surface area contributed by atoms with Crippen molar-refractivity contribution in [3.05, 3.63) is 84.1 Å². The molecule has 1 aromatic carbocycles. The number of hydrogen-bond donors (Lipinski definition) is 1. The Kier molecular flexibility index (Phi) is 5.19. The second-order valence-corrected chi connectivity index (χ2v) is 6.92. The van der Waals surface area contributed by atoms with Gasteiger partial charge in [0.15, 0.2) is 5.65 Å². The predicted octanol–water partition coefficient (Wildman–Crippen LogP) is 3.82. The molecule has 142 valence electrons. The summed E-state index contributed by atoms with van der Waals surface area (Å²) in [5, 5.41) is 8.30. The number of carbonyl (C=O) groups is 1. The van der Waals surface area contributed by atoms with Gasteiger partial charge in [-0.25, -0.2) is 9.67 Å². The predicted molar refractivity (Wildman–Crippen MR) is 107 cm³/mol. The number of aromatic nitrogens is 3. The lowest BCUT2D eigenvalue weighted by molar-refractivity contribution is 0.0938. The van der Waals surface area contributed by atoms with Gasteiger partial charge >= 0.3 is 0 Å². The topological polar surface area (TPSA) is 73.0 Å². The van der Waals surface area contributed by atoms with Crippen LogP contribution in [-0.2, 0) is 13.0 Å². The van der Waals surface area contributed by atoms with Crippen LogP contribution in [0.5, 0.6) is 0 Å². The van der Waals surface area contributed by atoms with Gasteiger partial charge in [0.1, 0.15) is 5.76 Å². The fraction of sp³-hybridized carbons (Fsp3) is 0.227. The van der Waals surface area contributed by atoms with Crippen LogP contribution in [0.15, 0.2) is 71.6 Å². The van der Waals surface area contributed by atoms with E-state index in [0.717, 1.165) is 35.2 Å². The molecule has 4 rings (SSSR count). The Hall–Kier alpha value is -3.41. The number of amides is 1. The van der Waals surface area contributed by atoms with E-state index < -0.39 is 0 Å². The molecule has 0 aliphatic rings. The molecule has 6 heteroatoms. The lowest BCUT2D eigenvalue weighted by Crippen LogP contribution is -2.32. The largest absolute Gasteiger partial charge is 0.469 e. The number of pyridine rings is 1. The summed E-state index contributed by atoms with van der Waals surface area (Å²) in [6, 6.07) is 15.8. The number of hydrogen-bond acceptors (Lipinski definition) is 4. The smallest absolute Gasteiger partial charge is 0.253 e. The van der Waals surface area contributed by atoms with Crippen LogP contribution in [-0.4, -0.2) is 26.7 Å². The first-order valence-electron chi connectivity index (χ1n) is 9.38. The highest BCUT2D eigenvalue weighted by atomic mass is 16.3. The van der Waals surface area contributed by atoms with Gasteiger partial charge < -0.3 is 9.73 Å². The summed E-state index contributed by atoms with van der Waals surface area (Å²) in [5.74, 6) is 0.798. The van der Waals surface area contributed by atoms with Gasteiger partial charge in [-0.1, -0.05) is 30.3 Å². The van der Waals surface area contributed by atoms with Crippen LogP contribution in [0.2, 0.25) is 0 Å². The SMILES string of the molecule is CC(CCc1ccco1)NC(=O)c1cnc2c(cnn2Cc2ccccc2)c1. The van der Waals surface area contributed by atoms with Crippen LogP contribution < -0.4 is 5.32 Å². The molecule has 0 aliphatic carbocycles. The molecule has 1 amide bonds. The van der Waals surface area contributed by atoms with Crippen molar-refractivity contribution in [3.8, 4) is 0 Å². The van der Waals surface area contributed by atoms with E-state index >= 15 is 0 Å². The third kappa shape index (κ3) is 4.11. The van der Waals surface area contributed by atoms with E-state index in [1.165, 1.54) is 0 Å². The number of furan rings is 1. The summed E-state index contributed by atoms with van der Waals surface area (Å²) in [5.41, 5.74) is 2.46. The van der Waals surface area contributed by atoms with E-state index in [1.807, 2.05) is 48.0 Å². The number of aryl methyl sites for hydroxylation is 1. The van der Waals surface area contributed by atoms with Crippen molar-refractivity contribution in [1.29, 1.82) is 0 Å². The second-order valence-electron chi connectivity index (χ2n) is 6.92. The quantitative estimate of drug-likeness (QED) is 0.534. The van der Waals surface area contributed by atoms with Crippen LogP contribution in [0.1, 0.15) is 35.0 Å². The van der Waals surface area contributed by atoms with Gasteiger partial charge in [-0.15, -0.1) is 0 Å². The Morgan fingerprint density at radius 1 is 1.18 bits per heavy atom. The number of nitrogens with zero attached hydrogens (tertiary/aromatic N) is 3. The average molecular weight is 374 g/mol. The fourth-order valence-corrected chi connectivity index (χ4v) is 3.16. The third-order valence-corrected chi connectivity index (χ3v) is 4.69. The zero-order valence-corrected chi connectivity index (χ0v) is 15.7. The maximum atomic E-state index is 12.6. The summed E-state index contributed by atoms with van der Waals surface area (Å²) < 4.78 is 7.18. The van der Waals surface area contributed by atoms with E-state index in [4.69, 9.17) is 4.42 Å². The van der Waals surface area contributed by atoms with E-state index in [-0.39, 0.29) is 11.9 Å². The lowest BCUT2D eigenvalue weighted by atomic mass is 10.1. The molecule has 6 nitrogen and oxygen atoms in total. The fourth-order valence-electron chi connectivity index (χ4n) is 3.16. The summed E-state index contributed by atoms with van der Waals surface area (Å²) in [6.07, 6.45) is 6.63. The highest BCUT2D eigenvalue weighted by Gasteiger charge is 2.13. The molecule has 0 aliphatic heterocycles. The molecular weight excluding hydrogens is 352 g/mol. The van der Waals surface area contributed by atoms with Crippen LogP contribution in [0, 0.1) is 0 Å². The standard InChI is InChI=1S/C22H22N4O2/c1-16(9-10-20-8-5-11-28-20)25-22(27)19-12-18-14-24-26(21(18)23-13-19)15-17-6-3-2-4-7-17/h2-8,11-14,16H,9-10,15H2,1H3,(H,25,27). The number of fused-ring (bicyclic) bond motifs is 1. The van der Waals surface area contributed by atoms with Crippen molar-refractivity contribution < 1.29 is 9.21 Å². The van der Waals surface area contributed by atoms with Crippen LogP contribution >= 0.6 is 0 Å². The Labute approximate surface area is 163 Å². The third-order valence-electron chi connectivity index (χ3n) is 4.69. The number of benzene rings is 1. The normalized spacial score (nSPS) is 12.2. The molecule has 1 N–H and O–H groups in total. The first-order valence-corrected chi connectivity index (χ1v) is 9.38. The van der Waals surface area contributed by atoms with E-state index in [9.17, 15) is 4.79 Å². The van der Waals surface area contributed by atoms with Gasteiger partial charge in [-0.05, 0) is 37.1 Å². The number of carbonyl (C=O) groups excluding carboxylic acids is 1. The minimum absolute atomic E-state index is 0.0362. The van der Waals surface area contributed by atoms with E-state index in [2.05, 4.69) is 27.5 Å². The van der Waals surface area contributed by atoms with Crippen molar-refractivity contribution in [2.45, 2.75) is 32.4 Å². The van der Waals surface area contributed by atoms with Crippen molar-refractivity contribution >= 4 is 16.9 Å². The summed E-state index contributed by atoms with van der Waals surface area (Å²) in [7, 11) is 0. The second kappa shape index (κ2) is 8.08. The first-order chi connectivity index (χ1) is 13.7. The molecule has 0 bridgehead atoms.